The van der Waals surface area contributed by atoms with E-state index in [0.717, 1.165) is 0 Å². The Hall–Kier alpha value is -4.14. The minimum atomic E-state index is -0.713. The third-order valence-electron chi connectivity index (χ3n) is 4.57. The van der Waals surface area contributed by atoms with Crippen LogP contribution in [0.1, 0.15) is 43.7 Å². The summed E-state index contributed by atoms with van der Waals surface area (Å²) in [5, 5.41) is 17.0. The summed E-state index contributed by atoms with van der Waals surface area (Å²) in [5.74, 6) is -2.02. The molecule has 0 spiro atoms. The van der Waals surface area contributed by atoms with Gasteiger partial charge in [-0.1, -0.05) is 6.07 Å². The number of aromatic hydroxyl groups is 1. The minimum absolute atomic E-state index is 0.0535. The monoisotopic (exact) mass is 423 g/mol. The van der Waals surface area contributed by atoms with Gasteiger partial charge in [-0.05, 0) is 50.2 Å². The van der Waals surface area contributed by atoms with Crippen LogP contribution in [0.5, 0.6) is 5.75 Å². The van der Waals surface area contributed by atoms with E-state index < -0.39 is 17.8 Å². The topological polar surface area (TPSA) is 120 Å². The number of phenolic OH excluding ortho intramolecular Hbond substituents is 1. The highest BCUT2D eigenvalue weighted by Gasteiger charge is 2.18. The van der Waals surface area contributed by atoms with Crippen molar-refractivity contribution in [3.05, 3.63) is 71.0 Å². The number of rotatable bonds is 6. The fourth-order valence-corrected chi connectivity index (χ4v) is 2.95. The fraction of sp³-hybridized carbons (Fsp3) is 0.182. The summed E-state index contributed by atoms with van der Waals surface area (Å²) < 4.78 is 11.2. The van der Waals surface area contributed by atoms with E-state index in [-0.39, 0.29) is 23.6 Å². The van der Waals surface area contributed by atoms with Crippen LogP contribution < -0.4 is 5.32 Å². The predicted octanol–water partition coefficient (Wildman–Crippen LogP) is 3.10. The molecule has 2 N–H and O–H groups in total. The molecule has 0 atom stereocenters. The number of methoxy groups -OCH3 is 1. The SMILES string of the molecule is CCOC(=O)c1cnn(-c2ccc(C(=O)Nc3cccc(C(=O)OC)c3O)cc2)c1C. The zero-order chi connectivity index (χ0) is 22.5. The Morgan fingerprint density at radius 1 is 1.06 bits per heavy atom. The fourth-order valence-electron chi connectivity index (χ4n) is 2.95. The molecule has 0 saturated heterocycles. The first-order valence-electron chi connectivity index (χ1n) is 9.41. The molecule has 160 valence electrons. The second kappa shape index (κ2) is 9.12. The summed E-state index contributed by atoms with van der Waals surface area (Å²) in [4.78, 5) is 36.2. The standard InChI is InChI=1S/C22H21N3O6/c1-4-31-22(29)17-12-23-25(13(17)2)15-10-8-14(9-11-15)20(27)24-18-7-5-6-16(19(18)26)21(28)30-3/h5-12,26H,4H2,1-3H3,(H,24,27). The van der Waals surface area contributed by atoms with Crippen LogP contribution in [0.2, 0.25) is 0 Å². The third kappa shape index (κ3) is 4.40. The summed E-state index contributed by atoms with van der Waals surface area (Å²) in [7, 11) is 1.20. The van der Waals surface area contributed by atoms with Crippen LogP contribution >= 0.6 is 0 Å². The van der Waals surface area contributed by atoms with Gasteiger partial charge < -0.3 is 19.9 Å². The van der Waals surface area contributed by atoms with Crippen LogP contribution in [-0.4, -0.2) is 46.4 Å². The van der Waals surface area contributed by atoms with Gasteiger partial charge >= 0.3 is 11.9 Å². The molecule has 9 nitrogen and oxygen atoms in total. The van der Waals surface area contributed by atoms with Gasteiger partial charge in [0.05, 0.1) is 37.0 Å². The second-order valence-corrected chi connectivity index (χ2v) is 6.47. The Balaban J connectivity index is 1.79. The Kier molecular flexibility index (Phi) is 6.35. The van der Waals surface area contributed by atoms with Crippen molar-refractivity contribution < 1.29 is 29.0 Å². The number of hydrogen-bond donors (Lipinski definition) is 2. The van der Waals surface area contributed by atoms with Gasteiger partial charge in [0, 0.05) is 5.56 Å². The lowest BCUT2D eigenvalue weighted by molar-refractivity contribution is 0.0524. The highest BCUT2D eigenvalue weighted by Crippen LogP contribution is 2.28. The maximum atomic E-state index is 12.6. The summed E-state index contributed by atoms with van der Waals surface area (Å²) >= 11 is 0. The lowest BCUT2D eigenvalue weighted by Crippen LogP contribution is -2.13. The van der Waals surface area contributed by atoms with Crippen LogP contribution in [-0.2, 0) is 9.47 Å². The van der Waals surface area contributed by atoms with Gasteiger partial charge in [0.25, 0.3) is 5.91 Å². The first-order chi connectivity index (χ1) is 14.9. The Bertz CT molecular complexity index is 1130. The van der Waals surface area contributed by atoms with Crippen molar-refractivity contribution in [2.45, 2.75) is 13.8 Å². The molecule has 1 heterocycles. The first-order valence-corrected chi connectivity index (χ1v) is 9.41. The van der Waals surface area contributed by atoms with Gasteiger partial charge in [-0.2, -0.15) is 5.10 Å². The molecular formula is C22H21N3O6. The van der Waals surface area contributed by atoms with Crippen LogP contribution in [0.4, 0.5) is 5.69 Å². The quantitative estimate of drug-likeness (QED) is 0.462. The van der Waals surface area contributed by atoms with E-state index in [1.54, 1.807) is 42.8 Å². The van der Waals surface area contributed by atoms with Gasteiger partial charge in [-0.15, -0.1) is 0 Å². The molecule has 0 unspecified atom stereocenters. The number of para-hydroxylation sites is 1. The van der Waals surface area contributed by atoms with E-state index in [1.165, 1.54) is 31.5 Å². The van der Waals surface area contributed by atoms with Crippen molar-refractivity contribution in [1.29, 1.82) is 0 Å². The van der Waals surface area contributed by atoms with E-state index in [4.69, 9.17) is 4.74 Å². The van der Waals surface area contributed by atoms with Gasteiger partial charge in [0.2, 0.25) is 0 Å². The summed E-state index contributed by atoms with van der Waals surface area (Å²) in [6, 6.07) is 10.9. The molecule has 1 aromatic heterocycles. The van der Waals surface area contributed by atoms with Crippen LogP contribution in [0.3, 0.4) is 0 Å². The van der Waals surface area contributed by atoms with Gasteiger partial charge in [0.15, 0.2) is 5.75 Å². The molecule has 9 heteroatoms. The van der Waals surface area contributed by atoms with Crippen molar-refractivity contribution in [2.75, 3.05) is 19.0 Å². The number of anilines is 1. The van der Waals surface area contributed by atoms with Crippen LogP contribution in [0, 0.1) is 6.92 Å². The molecule has 2 aromatic carbocycles. The number of ether oxygens (including phenoxy) is 2. The summed E-state index contributed by atoms with van der Waals surface area (Å²) in [6.45, 7) is 3.75. The lowest BCUT2D eigenvalue weighted by Gasteiger charge is -2.11. The Morgan fingerprint density at radius 3 is 2.42 bits per heavy atom. The average molecular weight is 423 g/mol. The number of carbonyl (C=O) groups excluding carboxylic acids is 3. The second-order valence-electron chi connectivity index (χ2n) is 6.47. The number of phenols is 1. The molecule has 0 aliphatic heterocycles. The van der Waals surface area contributed by atoms with Crippen molar-refractivity contribution in [3.63, 3.8) is 0 Å². The molecule has 0 saturated carbocycles. The number of amides is 1. The maximum Gasteiger partial charge on any atom is 0.341 e. The number of nitrogens with zero attached hydrogens (tertiary/aromatic N) is 2. The van der Waals surface area contributed by atoms with E-state index in [9.17, 15) is 19.5 Å². The third-order valence-corrected chi connectivity index (χ3v) is 4.57. The van der Waals surface area contributed by atoms with E-state index in [0.29, 0.717) is 22.5 Å². The average Bonchev–Trinajstić information content (AvgIpc) is 3.16. The number of benzene rings is 2. The molecule has 3 aromatic rings. The molecule has 1 amide bonds. The zero-order valence-corrected chi connectivity index (χ0v) is 17.2. The van der Waals surface area contributed by atoms with Crippen molar-refractivity contribution in [3.8, 4) is 11.4 Å². The number of aromatic nitrogens is 2. The molecule has 3 rings (SSSR count). The van der Waals surface area contributed by atoms with Crippen LogP contribution in [0.25, 0.3) is 5.69 Å². The first kappa shape index (κ1) is 21.6. The van der Waals surface area contributed by atoms with Gasteiger partial charge in [-0.3, -0.25) is 4.79 Å². The highest BCUT2D eigenvalue weighted by atomic mass is 16.5. The molecule has 0 radical (unpaired) electrons. The molecule has 0 fully saturated rings. The maximum absolute atomic E-state index is 12.6. The smallest absolute Gasteiger partial charge is 0.341 e. The van der Waals surface area contributed by atoms with E-state index in [2.05, 4.69) is 15.2 Å². The van der Waals surface area contributed by atoms with Crippen molar-refractivity contribution in [1.82, 2.24) is 9.78 Å². The van der Waals surface area contributed by atoms with Crippen molar-refractivity contribution in [2.24, 2.45) is 0 Å². The Labute approximate surface area is 178 Å². The number of carbonyl (C=O) groups is 3. The van der Waals surface area contributed by atoms with Crippen LogP contribution in [0.15, 0.2) is 48.7 Å². The van der Waals surface area contributed by atoms with E-state index >= 15 is 0 Å². The molecule has 31 heavy (non-hydrogen) atoms. The predicted molar refractivity (Wildman–Crippen MR) is 112 cm³/mol. The largest absolute Gasteiger partial charge is 0.505 e. The van der Waals surface area contributed by atoms with E-state index in [1.807, 2.05) is 0 Å². The molecule has 0 bridgehead atoms. The summed E-state index contributed by atoms with van der Waals surface area (Å²) in [6.07, 6.45) is 1.44. The zero-order valence-electron chi connectivity index (χ0n) is 17.2. The number of hydrogen-bond acceptors (Lipinski definition) is 7. The molecular weight excluding hydrogens is 402 g/mol. The van der Waals surface area contributed by atoms with Crippen molar-refractivity contribution >= 4 is 23.5 Å². The van der Waals surface area contributed by atoms with Gasteiger partial charge in [0.1, 0.15) is 11.1 Å². The normalized spacial score (nSPS) is 10.4. The molecule has 0 aliphatic carbocycles. The Morgan fingerprint density at radius 2 is 1.77 bits per heavy atom. The summed E-state index contributed by atoms with van der Waals surface area (Å²) in [5.41, 5.74) is 1.98. The number of esters is 2. The molecule has 0 aliphatic rings. The minimum Gasteiger partial charge on any atom is -0.505 e. The lowest BCUT2D eigenvalue weighted by atomic mass is 10.1. The van der Waals surface area contributed by atoms with Gasteiger partial charge in [-0.25, -0.2) is 14.3 Å². The number of nitrogens with one attached hydrogen (secondary N) is 1. The highest BCUT2D eigenvalue weighted by molar-refractivity contribution is 6.06.